The molecule has 0 aliphatic heterocycles. The SMILES string of the molecule is Cc1ccc(C(C)NC(=O)OC(C)(C)C)nc1C. The van der Waals surface area contributed by atoms with Gasteiger partial charge in [0.05, 0.1) is 11.7 Å². The van der Waals surface area contributed by atoms with Gasteiger partial charge in [-0.3, -0.25) is 4.98 Å². The summed E-state index contributed by atoms with van der Waals surface area (Å²) < 4.78 is 5.21. The van der Waals surface area contributed by atoms with Gasteiger partial charge in [0, 0.05) is 5.69 Å². The predicted octanol–water partition coefficient (Wildman–Crippen LogP) is 3.28. The summed E-state index contributed by atoms with van der Waals surface area (Å²) >= 11 is 0. The highest BCUT2D eigenvalue weighted by molar-refractivity contribution is 5.68. The smallest absolute Gasteiger partial charge is 0.408 e. The number of alkyl carbamates (subject to hydrolysis) is 1. The maximum atomic E-state index is 11.6. The minimum Gasteiger partial charge on any atom is -0.444 e. The van der Waals surface area contributed by atoms with E-state index in [1.165, 1.54) is 0 Å². The van der Waals surface area contributed by atoms with Crippen LogP contribution in [0.2, 0.25) is 0 Å². The Hall–Kier alpha value is -1.58. The van der Waals surface area contributed by atoms with Gasteiger partial charge in [-0.2, -0.15) is 0 Å². The molecule has 4 heteroatoms. The van der Waals surface area contributed by atoms with Crippen LogP contribution in [0.5, 0.6) is 0 Å². The number of aryl methyl sites for hydroxylation is 2. The Morgan fingerprint density at radius 3 is 2.44 bits per heavy atom. The van der Waals surface area contributed by atoms with Crippen LogP contribution in [0.4, 0.5) is 4.79 Å². The van der Waals surface area contributed by atoms with Crippen LogP contribution < -0.4 is 5.32 Å². The van der Waals surface area contributed by atoms with E-state index in [0.29, 0.717) is 0 Å². The minimum absolute atomic E-state index is 0.167. The minimum atomic E-state index is -0.486. The van der Waals surface area contributed by atoms with Crippen LogP contribution in [0, 0.1) is 13.8 Å². The Balaban J connectivity index is 2.68. The molecular weight excluding hydrogens is 228 g/mol. The fourth-order valence-corrected chi connectivity index (χ4v) is 1.45. The third-order valence-corrected chi connectivity index (χ3v) is 2.55. The normalized spacial score (nSPS) is 13.0. The highest BCUT2D eigenvalue weighted by atomic mass is 16.6. The lowest BCUT2D eigenvalue weighted by atomic mass is 10.1. The Morgan fingerprint density at radius 2 is 1.94 bits per heavy atom. The molecule has 1 amide bonds. The molecule has 1 aromatic rings. The predicted molar refractivity (Wildman–Crippen MR) is 71.5 cm³/mol. The van der Waals surface area contributed by atoms with Crippen LogP contribution in [-0.2, 0) is 4.74 Å². The monoisotopic (exact) mass is 250 g/mol. The quantitative estimate of drug-likeness (QED) is 0.876. The Morgan fingerprint density at radius 1 is 1.33 bits per heavy atom. The van der Waals surface area contributed by atoms with Crippen molar-refractivity contribution in [2.24, 2.45) is 0 Å². The molecular formula is C14H22N2O2. The van der Waals surface area contributed by atoms with E-state index in [0.717, 1.165) is 17.0 Å². The second-order valence-electron chi connectivity index (χ2n) is 5.51. The van der Waals surface area contributed by atoms with Gasteiger partial charge in [-0.05, 0) is 53.2 Å². The van der Waals surface area contributed by atoms with Gasteiger partial charge in [0.1, 0.15) is 5.60 Å². The summed E-state index contributed by atoms with van der Waals surface area (Å²) in [5.41, 5.74) is 2.47. The molecule has 0 bridgehead atoms. The van der Waals surface area contributed by atoms with E-state index in [1.807, 2.05) is 53.7 Å². The van der Waals surface area contributed by atoms with E-state index in [4.69, 9.17) is 4.74 Å². The number of nitrogens with one attached hydrogen (secondary N) is 1. The van der Waals surface area contributed by atoms with Crippen molar-refractivity contribution in [1.82, 2.24) is 10.3 Å². The summed E-state index contributed by atoms with van der Waals surface area (Å²) in [5.74, 6) is 0. The molecule has 1 atom stereocenters. The van der Waals surface area contributed by atoms with Gasteiger partial charge in [-0.25, -0.2) is 4.79 Å². The number of carbonyl (C=O) groups excluding carboxylic acids is 1. The summed E-state index contributed by atoms with van der Waals surface area (Å²) in [7, 11) is 0. The zero-order valence-corrected chi connectivity index (χ0v) is 12.0. The van der Waals surface area contributed by atoms with E-state index in [2.05, 4.69) is 10.3 Å². The Kier molecular flexibility index (Phi) is 4.33. The molecule has 1 heterocycles. The van der Waals surface area contributed by atoms with Gasteiger partial charge in [0.2, 0.25) is 0 Å². The van der Waals surface area contributed by atoms with Crippen LogP contribution in [0.25, 0.3) is 0 Å². The number of hydrogen-bond acceptors (Lipinski definition) is 3. The van der Waals surface area contributed by atoms with Gasteiger partial charge in [0.15, 0.2) is 0 Å². The fraction of sp³-hybridized carbons (Fsp3) is 0.571. The fourth-order valence-electron chi connectivity index (χ4n) is 1.45. The molecule has 0 saturated carbocycles. The first-order valence-electron chi connectivity index (χ1n) is 6.12. The maximum absolute atomic E-state index is 11.6. The molecule has 1 unspecified atom stereocenters. The van der Waals surface area contributed by atoms with Crippen LogP contribution in [-0.4, -0.2) is 16.7 Å². The van der Waals surface area contributed by atoms with E-state index < -0.39 is 11.7 Å². The number of aromatic nitrogens is 1. The molecule has 1 rings (SSSR count). The second kappa shape index (κ2) is 5.38. The number of amides is 1. The third-order valence-electron chi connectivity index (χ3n) is 2.55. The number of pyridine rings is 1. The van der Waals surface area contributed by atoms with Crippen molar-refractivity contribution in [3.05, 3.63) is 29.1 Å². The molecule has 4 nitrogen and oxygen atoms in total. The molecule has 100 valence electrons. The van der Waals surface area contributed by atoms with Crippen LogP contribution >= 0.6 is 0 Å². The number of carbonyl (C=O) groups is 1. The van der Waals surface area contributed by atoms with Crippen molar-refractivity contribution in [3.8, 4) is 0 Å². The zero-order valence-electron chi connectivity index (χ0n) is 12.0. The summed E-state index contributed by atoms with van der Waals surface area (Å²) in [4.78, 5) is 16.1. The average molecular weight is 250 g/mol. The van der Waals surface area contributed by atoms with Crippen molar-refractivity contribution < 1.29 is 9.53 Å². The lowest BCUT2D eigenvalue weighted by Crippen LogP contribution is -2.34. The van der Waals surface area contributed by atoms with Gasteiger partial charge in [-0.1, -0.05) is 6.07 Å². The Labute approximate surface area is 109 Å². The first-order chi connectivity index (χ1) is 8.19. The molecule has 0 saturated heterocycles. The second-order valence-corrected chi connectivity index (χ2v) is 5.51. The van der Waals surface area contributed by atoms with E-state index in [1.54, 1.807) is 0 Å². The van der Waals surface area contributed by atoms with Crippen LogP contribution in [0.1, 0.15) is 50.7 Å². The molecule has 1 N–H and O–H groups in total. The van der Waals surface area contributed by atoms with Gasteiger partial charge in [0.25, 0.3) is 0 Å². The van der Waals surface area contributed by atoms with Crippen LogP contribution in [0.15, 0.2) is 12.1 Å². The van der Waals surface area contributed by atoms with E-state index >= 15 is 0 Å². The molecule has 0 fully saturated rings. The molecule has 0 spiro atoms. The Bertz CT molecular complexity index is 436. The van der Waals surface area contributed by atoms with E-state index in [-0.39, 0.29) is 6.04 Å². The van der Waals surface area contributed by atoms with Crippen molar-refractivity contribution >= 4 is 6.09 Å². The summed E-state index contributed by atoms with van der Waals surface area (Å²) in [5, 5.41) is 2.78. The number of nitrogens with zero attached hydrogens (tertiary/aromatic N) is 1. The summed E-state index contributed by atoms with van der Waals surface area (Å²) in [6.45, 7) is 11.4. The van der Waals surface area contributed by atoms with Crippen molar-refractivity contribution in [2.45, 2.75) is 53.2 Å². The lowest BCUT2D eigenvalue weighted by molar-refractivity contribution is 0.0507. The molecule has 0 aliphatic rings. The summed E-state index contributed by atoms with van der Waals surface area (Å²) in [6.07, 6.45) is -0.421. The van der Waals surface area contributed by atoms with E-state index in [9.17, 15) is 4.79 Å². The molecule has 0 radical (unpaired) electrons. The zero-order chi connectivity index (χ0) is 13.9. The first-order valence-corrected chi connectivity index (χ1v) is 6.12. The highest BCUT2D eigenvalue weighted by Gasteiger charge is 2.18. The molecule has 18 heavy (non-hydrogen) atoms. The third kappa shape index (κ3) is 4.35. The van der Waals surface area contributed by atoms with Crippen LogP contribution in [0.3, 0.4) is 0 Å². The number of ether oxygens (including phenoxy) is 1. The van der Waals surface area contributed by atoms with Crippen molar-refractivity contribution in [2.75, 3.05) is 0 Å². The first kappa shape index (κ1) is 14.5. The maximum Gasteiger partial charge on any atom is 0.408 e. The van der Waals surface area contributed by atoms with Crippen molar-refractivity contribution in [1.29, 1.82) is 0 Å². The topological polar surface area (TPSA) is 51.2 Å². The lowest BCUT2D eigenvalue weighted by Gasteiger charge is -2.22. The molecule has 0 aliphatic carbocycles. The van der Waals surface area contributed by atoms with Crippen molar-refractivity contribution in [3.63, 3.8) is 0 Å². The average Bonchev–Trinajstić information content (AvgIpc) is 2.18. The van der Waals surface area contributed by atoms with Gasteiger partial charge < -0.3 is 10.1 Å². The highest BCUT2D eigenvalue weighted by Crippen LogP contribution is 2.14. The van der Waals surface area contributed by atoms with Gasteiger partial charge in [-0.15, -0.1) is 0 Å². The number of rotatable bonds is 2. The standard InChI is InChI=1S/C14H22N2O2/c1-9-7-8-12(15-10(9)2)11(3)16-13(17)18-14(4,5)6/h7-8,11H,1-6H3,(H,16,17). The van der Waals surface area contributed by atoms with Gasteiger partial charge >= 0.3 is 6.09 Å². The molecule has 0 aromatic carbocycles. The number of hydrogen-bond donors (Lipinski definition) is 1. The molecule has 1 aromatic heterocycles. The summed E-state index contributed by atoms with van der Waals surface area (Å²) in [6, 6.07) is 3.76. The largest absolute Gasteiger partial charge is 0.444 e.